The molecule has 2 aromatic heterocycles. The van der Waals surface area contributed by atoms with E-state index in [4.69, 9.17) is 26.8 Å². The minimum atomic E-state index is -2.70. The first-order valence-corrected chi connectivity index (χ1v) is 15.0. The van der Waals surface area contributed by atoms with Gasteiger partial charge in [-0.05, 0) is 37.3 Å². The summed E-state index contributed by atoms with van der Waals surface area (Å²) in [6.07, 6.45) is 1.20. The average molecular weight is 653 g/mol. The van der Waals surface area contributed by atoms with E-state index in [0.29, 0.717) is 6.54 Å². The quantitative estimate of drug-likeness (QED) is 0.237. The van der Waals surface area contributed by atoms with Crippen LogP contribution < -0.4 is 25.4 Å². The smallest absolute Gasteiger partial charge is 0.318 e. The number of benzene rings is 2. The monoisotopic (exact) mass is 652 g/mol. The Hall–Kier alpha value is -3.67. The molecular weight excluding hydrogens is 627 g/mol. The van der Waals surface area contributed by atoms with E-state index in [0.717, 1.165) is 23.8 Å². The summed E-state index contributed by atoms with van der Waals surface area (Å²) >= 11 is 7.51. The lowest BCUT2D eigenvalue weighted by atomic mass is 9.76. The zero-order chi connectivity index (χ0) is 31.3. The molecule has 4 aromatic rings. The van der Waals surface area contributed by atoms with Gasteiger partial charge in [0.2, 0.25) is 0 Å². The maximum absolute atomic E-state index is 16.2. The molecule has 1 saturated heterocycles. The van der Waals surface area contributed by atoms with Crippen molar-refractivity contribution in [3.8, 4) is 29.0 Å². The second kappa shape index (κ2) is 11.7. The molecule has 4 heterocycles. The number of halogens is 6. The summed E-state index contributed by atoms with van der Waals surface area (Å²) in [5.41, 5.74) is 5.76. The summed E-state index contributed by atoms with van der Waals surface area (Å²) in [6.45, 7) is -0.127. The molecular formula is C29H26ClF5N6O2S. The van der Waals surface area contributed by atoms with Gasteiger partial charge in [-0.1, -0.05) is 17.7 Å². The van der Waals surface area contributed by atoms with Crippen LogP contribution in [-0.4, -0.2) is 61.5 Å². The van der Waals surface area contributed by atoms with Crippen LogP contribution in [0.3, 0.4) is 0 Å². The van der Waals surface area contributed by atoms with Gasteiger partial charge in [-0.15, -0.1) is 11.3 Å². The molecule has 2 fully saturated rings. The molecule has 7 rings (SSSR count). The Morgan fingerprint density at radius 1 is 1.30 bits per heavy atom. The minimum Gasteiger partial charge on any atom is -0.489 e. The molecule has 1 saturated carbocycles. The Labute approximate surface area is 257 Å². The average Bonchev–Trinajstić information content (AvgIpc) is 3.49. The zero-order valence-electron chi connectivity index (χ0n) is 23.3. The number of hydrogen-bond donors (Lipinski definition) is 2. The molecule has 1 aliphatic carbocycles. The Balaban J connectivity index is 0.000000323. The lowest BCUT2D eigenvalue weighted by molar-refractivity contribution is 0.153. The van der Waals surface area contributed by atoms with Gasteiger partial charge >= 0.3 is 6.01 Å². The van der Waals surface area contributed by atoms with Crippen LogP contribution in [0.1, 0.15) is 31.2 Å². The Bertz CT molecular complexity index is 1810. The van der Waals surface area contributed by atoms with Gasteiger partial charge in [0.15, 0.2) is 11.6 Å². The van der Waals surface area contributed by atoms with Crippen molar-refractivity contribution in [2.24, 2.45) is 0 Å². The molecule has 3 aliphatic rings. The molecule has 2 aromatic carbocycles. The van der Waals surface area contributed by atoms with Gasteiger partial charge in [-0.2, -0.15) is 15.2 Å². The van der Waals surface area contributed by atoms with Crippen LogP contribution in [0.5, 0.6) is 11.8 Å². The Morgan fingerprint density at radius 3 is 2.66 bits per heavy atom. The van der Waals surface area contributed by atoms with Crippen LogP contribution in [0.15, 0.2) is 12.1 Å². The molecule has 8 nitrogen and oxygen atoms in total. The van der Waals surface area contributed by atoms with Gasteiger partial charge in [-0.3, -0.25) is 0 Å². The summed E-state index contributed by atoms with van der Waals surface area (Å²) < 4.78 is 80.8. The molecule has 0 bridgehead atoms. The van der Waals surface area contributed by atoms with Crippen LogP contribution in [0, 0.1) is 23.0 Å². The first kappa shape index (κ1) is 30.4. The van der Waals surface area contributed by atoms with Crippen molar-refractivity contribution in [3.63, 3.8) is 0 Å². The number of methoxy groups -OCH3 is 1. The van der Waals surface area contributed by atoms with E-state index in [-0.39, 0.29) is 84.0 Å². The molecule has 0 amide bonds. The zero-order valence-corrected chi connectivity index (χ0v) is 24.9. The Kier molecular flexibility index (Phi) is 8.06. The van der Waals surface area contributed by atoms with Gasteiger partial charge in [0.1, 0.15) is 41.0 Å². The molecule has 2 aliphatic heterocycles. The first-order valence-electron chi connectivity index (χ1n) is 13.8. The fraction of sp³-hybridized carbons (Fsp3) is 0.414. The molecule has 232 valence electrons. The summed E-state index contributed by atoms with van der Waals surface area (Å²) in [5.74, 6) is -1.62. The van der Waals surface area contributed by atoms with E-state index in [1.165, 1.54) is 37.3 Å². The third-order valence-electron chi connectivity index (χ3n) is 8.21. The molecule has 1 spiro atoms. The van der Waals surface area contributed by atoms with E-state index in [1.807, 2.05) is 6.07 Å². The van der Waals surface area contributed by atoms with Crippen LogP contribution in [-0.2, 0) is 0 Å². The third-order valence-corrected chi connectivity index (χ3v) is 9.60. The lowest BCUT2D eigenvalue weighted by Gasteiger charge is -2.38. The molecule has 1 atom stereocenters. The summed E-state index contributed by atoms with van der Waals surface area (Å²) in [7, 11) is 1.25. The van der Waals surface area contributed by atoms with Gasteiger partial charge in [0.25, 0.3) is 6.43 Å². The van der Waals surface area contributed by atoms with Gasteiger partial charge in [0, 0.05) is 23.0 Å². The number of nitrogen functional groups attached to an aromatic ring is 1. The lowest BCUT2D eigenvalue weighted by Crippen LogP contribution is -2.45. The van der Waals surface area contributed by atoms with Crippen LogP contribution in [0.4, 0.5) is 32.8 Å². The van der Waals surface area contributed by atoms with Crippen molar-refractivity contribution < 1.29 is 31.4 Å². The van der Waals surface area contributed by atoms with E-state index in [9.17, 15) is 22.8 Å². The number of nitrogens with zero attached hydrogens (tertiary/aromatic N) is 4. The van der Waals surface area contributed by atoms with Crippen molar-refractivity contribution in [1.82, 2.24) is 15.3 Å². The van der Waals surface area contributed by atoms with Crippen molar-refractivity contribution in [3.05, 3.63) is 34.4 Å². The normalized spacial score (nSPS) is 18.5. The largest absolute Gasteiger partial charge is 0.489 e. The number of hydrogen-bond acceptors (Lipinski definition) is 9. The van der Waals surface area contributed by atoms with Crippen LogP contribution >= 0.6 is 22.9 Å². The summed E-state index contributed by atoms with van der Waals surface area (Å²) in [4.78, 5) is 9.51. The molecule has 1 unspecified atom stereocenters. The highest BCUT2D eigenvalue weighted by molar-refractivity contribution is 7.23. The number of aromatic nitrogens is 2. The highest BCUT2D eigenvalue weighted by Gasteiger charge is 2.43. The molecule has 15 heteroatoms. The highest BCUT2D eigenvalue weighted by Crippen LogP contribution is 2.50. The SMILES string of the molecule is COc1nc2c3c(c(Cl)c(-c4ccc(F)c5sc(N)c(C#N)c45)c(F)c3n1)OCCN2CC(F)F.FC1CNC2(CCC2)C1. The fourth-order valence-corrected chi connectivity index (χ4v) is 7.31. The number of anilines is 2. The van der Waals surface area contributed by atoms with Crippen molar-refractivity contribution in [2.45, 2.75) is 43.8 Å². The number of ether oxygens (including phenoxy) is 2. The van der Waals surface area contributed by atoms with Crippen LogP contribution in [0.25, 0.3) is 32.1 Å². The number of thiophene rings is 1. The number of nitrogens with one attached hydrogen (secondary N) is 1. The number of fused-ring (bicyclic) bond motifs is 1. The topological polar surface area (TPSA) is 109 Å². The number of nitrogens with two attached hydrogens (primary N) is 1. The molecule has 0 radical (unpaired) electrons. The maximum Gasteiger partial charge on any atom is 0.318 e. The van der Waals surface area contributed by atoms with Crippen LogP contribution in [0.2, 0.25) is 5.02 Å². The van der Waals surface area contributed by atoms with E-state index in [2.05, 4.69) is 15.3 Å². The van der Waals surface area contributed by atoms with Gasteiger partial charge in [0.05, 0.1) is 40.9 Å². The standard InChI is InChI=1S/C22H14ClF4N5O2S.C7H12FN/c1-33-22-30-17-14-18(34-5-4-32(7-11(25)26)21(14)31-22)15(23)13(16(17)27)8-2-3-10(24)19-12(8)9(6-28)20(29)35-19;8-6-4-7(9-5-6)2-1-3-7/h2-3,11H,4-5,7,29H2,1H3;6,9H,1-5H2. The third kappa shape index (κ3) is 5.10. The van der Waals surface area contributed by atoms with Crippen molar-refractivity contribution >= 4 is 54.7 Å². The number of rotatable bonds is 4. The predicted octanol–water partition coefficient (Wildman–Crippen LogP) is 6.61. The predicted molar refractivity (Wildman–Crippen MR) is 159 cm³/mol. The van der Waals surface area contributed by atoms with Crippen molar-refractivity contribution in [2.75, 3.05) is 44.0 Å². The summed E-state index contributed by atoms with van der Waals surface area (Å²) in [5, 5.41) is 12.8. The number of nitriles is 1. The van der Waals surface area contributed by atoms with Gasteiger partial charge < -0.3 is 25.4 Å². The van der Waals surface area contributed by atoms with E-state index in [1.54, 1.807) is 0 Å². The second-order valence-corrected chi connectivity index (χ2v) is 12.3. The Morgan fingerprint density at radius 2 is 2.07 bits per heavy atom. The van der Waals surface area contributed by atoms with E-state index >= 15 is 4.39 Å². The van der Waals surface area contributed by atoms with E-state index < -0.39 is 30.8 Å². The first-order chi connectivity index (χ1) is 21.1. The fourth-order valence-electron chi connectivity index (χ4n) is 6.02. The minimum absolute atomic E-state index is 0.00102. The molecule has 44 heavy (non-hydrogen) atoms. The number of alkyl halides is 3. The maximum atomic E-state index is 16.2. The highest BCUT2D eigenvalue weighted by atomic mass is 35.5. The summed E-state index contributed by atoms with van der Waals surface area (Å²) in [6, 6.07) is 4.07. The van der Waals surface area contributed by atoms with Gasteiger partial charge in [-0.25, -0.2) is 22.0 Å². The van der Waals surface area contributed by atoms with Crippen molar-refractivity contribution in [1.29, 1.82) is 5.26 Å². The second-order valence-electron chi connectivity index (χ2n) is 10.8. The molecule has 3 N–H and O–H groups in total.